The molecule has 0 radical (unpaired) electrons. The van der Waals surface area contributed by atoms with Crippen LogP contribution < -0.4 is 15.8 Å². The van der Waals surface area contributed by atoms with Crippen LogP contribution in [-0.2, 0) is 0 Å². The Hall–Kier alpha value is -1.68. The molecule has 2 rings (SSSR count). The lowest BCUT2D eigenvalue weighted by molar-refractivity contribution is 0.415. The minimum absolute atomic E-state index is 0.750. The molecule has 2 aromatic rings. The summed E-state index contributed by atoms with van der Waals surface area (Å²) in [5, 5.41) is 3.29. The summed E-state index contributed by atoms with van der Waals surface area (Å²) in [6.07, 6.45) is 0. The largest absolute Gasteiger partial charge is 0.497 e. The number of benzene rings is 2. The number of ether oxygens (including phenoxy) is 1. The van der Waals surface area contributed by atoms with Crippen molar-refractivity contribution in [2.45, 2.75) is 0 Å². The summed E-state index contributed by atoms with van der Waals surface area (Å²) in [6.45, 7) is 0. The fourth-order valence-corrected chi connectivity index (χ4v) is 1.79. The lowest BCUT2D eigenvalue weighted by Crippen LogP contribution is -1.93. The zero-order valence-electron chi connectivity index (χ0n) is 9.41. The fourth-order valence-electron chi connectivity index (χ4n) is 1.45. The van der Waals surface area contributed by atoms with Gasteiger partial charge in [0.15, 0.2) is 0 Å². The number of hydrogen-bond acceptors (Lipinski definition) is 3. The first-order valence-corrected chi connectivity index (χ1v) is 5.94. The van der Waals surface area contributed by atoms with Crippen LogP contribution in [0, 0.1) is 0 Å². The van der Waals surface area contributed by atoms with E-state index in [1.165, 1.54) is 0 Å². The minimum Gasteiger partial charge on any atom is -0.497 e. The Morgan fingerprint density at radius 1 is 1.12 bits per heavy atom. The van der Waals surface area contributed by atoms with Gasteiger partial charge < -0.3 is 15.8 Å². The second kappa shape index (κ2) is 5.10. The molecule has 0 aliphatic carbocycles. The van der Waals surface area contributed by atoms with Crippen LogP contribution >= 0.6 is 15.9 Å². The van der Waals surface area contributed by atoms with E-state index in [9.17, 15) is 0 Å². The zero-order valence-corrected chi connectivity index (χ0v) is 11.0. The summed E-state index contributed by atoms with van der Waals surface area (Å²) in [6, 6.07) is 13.4. The van der Waals surface area contributed by atoms with Crippen molar-refractivity contribution in [1.82, 2.24) is 0 Å². The van der Waals surface area contributed by atoms with Gasteiger partial charge in [0.05, 0.1) is 12.8 Å². The van der Waals surface area contributed by atoms with Gasteiger partial charge in [-0.1, -0.05) is 0 Å². The molecule has 0 atom stereocenters. The number of anilines is 3. The van der Waals surface area contributed by atoms with E-state index in [1.54, 1.807) is 7.11 Å². The van der Waals surface area contributed by atoms with Crippen LogP contribution in [0.4, 0.5) is 17.1 Å². The molecule has 3 N–H and O–H groups in total. The maximum Gasteiger partial charge on any atom is 0.121 e. The molecule has 0 spiro atoms. The fraction of sp³-hybridized carbons (Fsp3) is 0.0769. The van der Waals surface area contributed by atoms with E-state index in [0.717, 1.165) is 27.3 Å². The van der Waals surface area contributed by atoms with E-state index < -0.39 is 0 Å². The van der Waals surface area contributed by atoms with Gasteiger partial charge >= 0.3 is 0 Å². The number of halogens is 1. The molecule has 0 saturated heterocycles. The molecule has 0 aromatic heterocycles. The molecule has 0 unspecified atom stereocenters. The summed E-state index contributed by atoms with van der Waals surface area (Å²) in [7, 11) is 1.65. The highest BCUT2D eigenvalue weighted by Crippen LogP contribution is 2.29. The van der Waals surface area contributed by atoms with Crippen molar-refractivity contribution in [3.05, 3.63) is 46.9 Å². The number of nitrogens with one attached hydrogen (secondary N) is 1. The summed E-state index contributed by atoms with van der Waals surface area (Å²) in [4.78, 5) is 0. The highest BCUT2D eigenvalue weighted by atomic mass is 79.9. The molecule has 2 aromatic carbocycles. The Morgan fingerprint density at radius 3 is 2.47 bits per heavy atom. The van der Waals surface area contributed by atoms with Gasteiger partial charge in [-0.05, 0) is 52.3 Å². The van der Waals surface area contributed by atoms with Crippen LogP contribution in [0.3, 0.4) is 0 Å². The average molecular weight is 293 g/mol. The average Bonchev–Trinajstić information content (AvgIpc) is 2.35. The molecule has 0 saturated carbocycles. The third-order valence-corrected chi connectivity index (χ3v) is 3.05. The predicted octanol–water partition coefficient (Wildman–Crippen LogP) is 3.78. The van der Waals surface area contributed by atoms with Gasteiger partial charge in [0.2, 0.25) is 0 Å². The molecule has 4 heteroatoms. The van der Waals surface area contributed by atoms with Crippen molar-refractivity contribution in [2.75, 3.05) is 18.2 Å². The van der Waals surface area contributed by atoms with Gasteiger partial charge in [-0.25, -0.2) is 0 Å². The van der Waals surface area contributed by atoms with Gasteiger partial charge in [-0.3, -0.25) is 0 Å². The van der Waals surface area contributed by atoms with E-state index in [4.69, 9.17) is 10.5 Å². The first-order valence-electron chi connectivity index (χ1n) is 5.15. The minimum atomic E-state index is 0.750. The molecule has 17 heavy (non-hydrogen) atoms. The Bertz CT molecular complexity index is 511. The van der Waals surface area contributed by atoms with E-state index in [0.29, 0.717) is 0 Å². The molecule has 0 bridgehead atoms. The van der Waals surface area contributed by atoms with E-state index in [1.807, 2.05) is 42.5 Å². The number of nitrogen functional groups attached to an aromatic ring is 1. The highest BCUT2D eigenvalue weighted by molar-refractivity contribution is 9.10. The van der Waals surface area contributed by atoms with Crippen LogP contribution in [0.5, 0.6) is 5.75 Å². The second-order valence-electron chi connectivity index (χ2n) is 3.59. The molecule has 0 aliphatic heterocycles. The van der Waals surface area contributed by atoms with Crippen LogP contribution in [0.2, 0.25) is 0 Å². The Balaban J connectivity index is 2.25. The van der Waals surface area contributed by atoms with Crippen LogP contribution in [0.15, 0.2) is 46.9 Å². The summed E-state index contributed by atoms with van der Waals surface area (Å²) in [5.74, 6) is 0.811. The van der Waals surface area contributed by atoms with Crippen molar-refractivity contribution in [3.8, 4) is 5.75 Å². The zero-order chi connectivity index (χ0) is 12.3. The monoisotopic (exact) mass is 292 g/mol. The summed E-state index contributed by atoms with van der Waals surface area (Å²) < 4.78 is 6.17. The molecule has 3 nitrogen and oxygen atoms in total. The van der Waals surface area contributed by atoms with Crippen molar-refractivity contribution >= 4 is 33.0 Å². The van der Waals surface area contributed by atoms with Gasteiger partial charge in [0.1, 0.15) is 5.75 Å². The summed E-state index contributed by atoms with van der Waals surface area (Å²) in [5.41, 5.74) is 8.32. The van der Waals surface area contributed by atoms with Crippen LogP contribution in [0.25, 0.3) is 0 Å². The number of rotatable bonds is 3. The van der Waals surface area contributed by atoms with E-state index in [-0.39, 0.29) is 0 Å². The van der Waals surface area contributed by atoms with E-state index >= 15 is 0 Å². The van der Waals surface area contributed by atoms with Gasteiger partial charge in [-0.2, -0.15) is 0 Å². The maximum absolute atomic E-state index is 5.64. The maximum atomic E-state index is 5.64. The quantitative estimate of drug-likeness (QED) is 0.847. The lowest BCUT2D eigenvalue weighted by atomic mass is 10.2. The summed E-state index contributed by atoms with van der Waals surface area (Å²) >= 11 is 3.49. The standard InChI is InChI=1S/C13H13BrN2O/c1-17-11-6-7-12(14)13(8-11)16-10-4-2-9(15)3-5-10/h2-8,16H,15H2,1H3. The molecule has 88 valence electrons. The SMILES string of the molecule is COc1ccc(Br)c(Nc2ccc(N)cc2)c1. The van der Waals surface area contributed by atoms with Crippen LogP contribution in [0.1, 0.15) is 0 Å². The van der Waals surface area contributed by atoms with Crippen molar-refractivity contribution in [3.63, 3.8) is 0 Å². The number of nitrogens with two attached hydrogens (primary N) is 1. The third kappa shape index (κ3) is 2.91. The first-order chi connectivity index (χ1) is 8.19. The third-order valence-electron chi connectivity index (χ3n) is 2.36. The first kappa shape index (κ1) is 11.8. The molecular formula is C13H13BrN2O. The lowest BCUT2D eigenvalue weighted by Gasteiger charge is -2.10. The van der Waals surface area contributed by atoms with Crippen molar-refractivity contribution in [1.29, 1.82) is 0 Å². The predicted molar refractivity (Wildman–Crippen MR) is 74.8 cm³/mol. The highest BCUT2D eigenvalue weighted by Gasteiger charge is 2.02. The molecule has 0 aliphatic rings. The number of hydrogen-bond donors (Lipinski definition) is 2. The van der Waals surface area contributed by atoms with Gasteiger partial charge in [0, 0.05) is 21.9 Å². The Morgan fingerprint density at radius 2 is 1.82 bits per heavy atom. The Labute approximate surface area is 109 Å². The Kier molecular flexibility index (Phi) is 3.54. The molecular weight excluding hydrogens is 280 g/mol. The van der Waals surface area contributed by atoms with Crippen LogP contribution in [-0.4, -0.2) is 7.11 Å². The van der Waals surface area contributed by atoms with Gasteiger partial charge in [0.25, 0.3) is 0 Å². The smallest absolute Gasteiger partial charge is 0.121 e. The van der Waals surface area contributed by atoms with Gasteiger partial charge in [-0.15, -0.1) is 0 Å². The number of methoxy groups -OCH3 is 1. The van der Waals surface area contributed by atoms with E-state index in [2.05, 4.69) is 21.2 Å². The molecule has 0 amide bonds. The van der Waals surface area contributed by atoms with Crippen molar-refractivity contribution in [2.24, 2.45) is 0 Å². The topological polar surface area (TPSA) is 47.3 Å². The van der Waals surface area contributed by atoms with Crippen molar-refractivity contribution < 1.29 is 4.74 Å². The molecule has 0 fully saturated rings. The molecule has 0 heterocycles. The second-order valence-corrected chi connectivity index (χ2v) is 4.45. The normalized spacial score (nSPS) is 10.0.